The first-order valence-electron chi connectivity index (χ1n) is 5.25. The van der Waals surface area contributed by atoms with Gasteiger partial charge in [0.2, 0.25) is 5.95 Å². The molecule has 0 aliphatic rings. The van der Waals surface area contributed by atoms with Crippen molar-refractivity contribution in [3.8, 4) is 0 Å². The van der Waals surface area contributed by atoms with Gasteiger partial charge in [0.05, 0.1) is 24.6 Å². The highest BCUT2D eigenvalue weighted by atomic mass is 16.5. The molecule has 4 N–H and O–H groups in total. The van der Waals surface area contributed by atoms with Crippen LogP contribution in [0.5, 0.6) is 0 Å². The Hall–Kier alpha value is -2.24. The van der Waals surface area contributed by atoms with E-state index in [1.54, 1.807) is 6.07 Å². The van der Waals surface area contributed by atoms with Gasteiger partial charge in [0.15, 0.2) is 0 Å². The number of imidazole rings is 1. The second-order valence-corrected chi connectivity index (χ2v) is 3.61. The summed E-state index contributed by atoms with van der Waals surface area (Å²) in [5, 5.41) is 3.01. The maximum Gasteiger partial charge on any atom is 0.307 e. The van der Waals surface area contributed by atoms with Crippen LogP contribution >= 0.6 is 0 Å². The number of methoxy groups -OCH3 is 1. The third-order valence-electron chi connectivity index (χ3n) is 2.36. The number of carbonyl (C=O) groups excluding carboxylic acids is 1. The molecule has 0 atom stereocenters. The Kier molecular flexibility index (Phi) is 3.13. The number of nitrogens with zero attached hydrogens (tertiary/aromatic N) is 1. The zero-order valence-corrected chi connectivity index (χ0v) is 9.49. The number of H-pyrrole nitrogens is 1. The molecule has 2 rings (SSSR count). The molecule has 1 heterocycles. The minimum absolute atomic E-state index is 0.252. The van der Waals surface area contributed by atoms with Crippen LogP contribution in [-0.4, -0.2) is 29.6 Å². The Morgan fingerprint density at radius 2 is 2.41 bits per heavy atom. The summed E-state index contributed by atoms with van der Waals surface area (Å²) >= 11 is 0. The van der Waals surface area contributed by atoms with Crippen molar-refractivity contribution in [2.24, 2.45) is 0 Å². The first kappa shape index (κ1) is 11.3. The number of carbonyl (C=O) groups is 1. The zero-order valence-electron chi connectivity index (χ0n) is 9.49. The number of aromatic amines is 1. The lowest BCUT2D eigenvalue weighted by Crippen LogP contribution is -2.10. The fourth-order valence-corrected chi connectivity index (χ4v) is 1.50. The Labute approximate surface area is 98.2 Å². The van der Waals surface area contributed by atoms with Crippen molar-refractivity contribution in [3.05, 3.63) is 18.2 Å². The van der Waals surface area contributed by atoms with Gasteiger partial charge in [-0.05, 0) is 18.2 Å². The Morgan fingerprint density at radius 3 is 3.18 bits per heavy atom. The summed E-state index contributed by atoms with van der Waals surface area (Å²) < 4.78 is 4.54. The standard InChI is InChI=1S/C11H14N4O2/c1-17-10(16)4-5-13-11-14-8-3-2-7(12)6-9(8)15-11/h2-3,6H,4-5,12H2,1H3,(H2,13,14,15). The quantitative estimate of drug-likeness (QED) is 0.544. The number of anilines is 2. The van der Waals surface area contributed by atoms with Crippen LogP contribution in [0.2, 0.25) is 0 Å². The molecular formula is C11H14N4O2. The molecule has 0 saturated heterocycles. The molecule has 17 heavy (non-hydrogen) atoms. The summed E-state index contributed by atoms with van der Waals surface area (Å²) in [4.78, 5) is 18.3. The van der Waals surface area contributed by atoms with Gasteiger partial charge in [-0.15, -0.1) is 0 Å². The molecule has 0 amide bonds. The smallest absolute Gasteiger partial charge is 0.307 e. The van der Waals surface area contributed by atoms with Crippen molar-refractivity contribution in [2.75, 3.05) is 24.7 Å². The van der Waals surface area contributed by atoms with E-state index >= 15 is 0 Å². The zero-order chi connectivity index (χ0) is 12.3. The Morgan fingerprint density at radius 1 is 1.59 bits per heavy atom. The Bertz CT molecular complexity index is 535. The van der Waals surface area contributed by atoms with Crippen molar-refractivity contribution in [2.45, 2.75) is 6.42 Å². The van der Waals surface area contributed by atoms with Crippen LogP contribution in [-0.2, 0) is 9.53 Å². The number of esters is 1. The van der Waals surface area contributed by atoms with Crippen LogP contribution in [0.15, 0.2) is 18.2 Å². The summed E-state index contributed by atoms with van der Waals surface area (Å²) in [6.07, 6.45) is 0.301. The molecule has 90 valence electrons. The molecule has 0 saturated carbocycles. The number of ether oxygens (including phenoxy) is 1. The third-order valence-corrected chi connectivity index (χ3v) is 2.36. The molecule has 0 aliphatic carbocycles. The Balaban J connectivity index is 2.02. The van der Waals surface area contributed by atoms with E-state index in [0.29, 0.717) is 24.6 Å². The molecule has 0 spiro atoms. The highest BCUT2D eigenvalue weighted by Crippen LogP contribution is 2.16. The first-order chi connectivity index (χ1) is 8.19. The van der Waals surface area contributed by atoms with Crippen molar-refractivity contribution >= 4 is 28.6 Å². The molecular weight excluding hydrogens is 220 g/mol. The molecule has 0 bridgehead atoms. The second kappa shape index (κ2) is 4.73. The fourth-order valence-electron chi connectivity index (χ4n) is 1.50. The molecule has 0 aliphatic heterocycles. The van der Waals surface area contributed by atoms with E-state index in [1.165, 1.54) is 7.11 Å². The average Bonchev–Trinajstić information content (AvgIpc) is 2.70. The van der Waals surface area contributed by atoms with Crippen molar-refractivity contribution in [1.29, 1.82) is 0 Å². The van der Waals surface area contributed by atoms with Gasteiger partial charge in [-0.1, -0.05) is 0 Å². The van der Waals surface area contributed by atoms with Gasteiger partial charge in [0, 0.05) is 12.2 Å². The number of hydrogen-bond acceptors (Lipinski definition) is 5. The highest BCUT2D eigenvalue weighted by Gasteiger charge is 2.04. The summed E-state index contributed by atoms with van der Waals surface area (Å²) in [7, 11) is 1.37. The normalized spacial score (nSPS) is 10.4. The van der Waals surface area contributed by atoms with Crippen LogP contribution in [0.4, 0.5) is 11.6 Å². The number of nitrogen functional groups attached to an aromatic ring is 1. The van der Waals surface area contributed by atoms with Gasteiger partial charge in [-0.25, -0.2) is 4.98 Å². The van der Waals surface area contributed by atoms with E-state index in [4.69, 9.17) is 5.73 Å². The predicted octanol–water partition coefficient (Wildman–Crippen LogP) is 1.12. The van der Waals surface area contributed by atoms with E-state index in [-0.39, 0.29) is 5.97 Å². The van der Waals surface area contributed by atoms with E-state index in [9.17, 15) is 4.79 Å². The maximum atomic E-state index is 10.9. The van der Waals surface area contributed by atoms with Gasteiger partial charge in [0.25, 0.3) is 0 Å². The number of fused-ring (bicyclic) bond motifs is 1. The monoisotopic (exact) mass is 234 g/mol. The van der Waals surface area contributed by atoms with E-state index in [1.807, 2.05) is 12.1 Å². The lowest BCUT2D eigenvalue weighted by Gasteiger charge is -2.00. The van der Waals surface area contributed by atoms with E-state index in [2.05, 4.69) is 20.0 Å². The van der Waals surface area contributed by atoms with E-state index < -0.39 is 0 Å². The summed E-state index contributed by atoms with van der Waals surface area (Å²) in [5.74, 6) is 0.368. The fraction of sp³-hybridized carbons (Fsp3) is 0.273. The second-order valence-electron chi connectivity index (χ2n) is 3.61. The molecule has 1 aromatic carbocycles. The SMILES string of the molecule is COC(=O)CCNc1nc2ccc(N)cc2[nH]1. The maximum absolute atomic E-state index is 10.9. The molecule has 2 aromatic rings. The topological polar surface area (TPSA) is 93.0 Å². The number of rotatable bonds is 4. The third kappa shape index (κ3) is 2.66. The van der Waals surface area contributed by atoms with Crippen molar-refractivity contribution in [3.63, 3.8) is 0 Å². The lowest BCUT2D eigenvalue weighted by atomic mass is 10.3. The highest BCUT2D eigenvalue weighted by molar-refractivity contribution is 5.80. The minimum Gasteiger partial charge on any atom is -0.469 e. The molecule has 0 unspecified atom stereocenters. The first-order valence-corrected chi connectivity index (χ1v) is 5.25. The van der Waals surface area contributed by atoms with Gasteiger partial charge in [-0.2, -0.15) is 0 Å². The van der Waals surface area contributed by atoms with Gasteiger partial charge in [-0.3, -0.25) is 4.79 Å². The molecule has 1 aromatic heterocycles. The molecule has 6 heteroatoms. The summed E-state index contributed by atoms with van der Waals surface area (Å²) in [6, 6.07) is 5.45. The number of nitrogens with two attached hydrogens (primary N) is 1. The van der Waals surface area contributed by atoms with Crippen LogP contribution in [0.3, 0.4) is 0 Å². The molecule has 0 fully saturated rings. The average molecular weight is 234 g/mol. The van der Waals surface area contributed by atoms with Crippen LogP contribution in [0.1, 0.15) is 6.42 Å². The summed E-state index contributed by atoms with van der Waals surface area (Å²) in [6.45, 7) is 0.474. The summed E-state index contributed by atoms with van der Waals surface area (Å²) in [5.41, 5.74) is 8.04. The van der Waals surface area contributed by atoms with Crippen molar-refractivity contribution in [1.82, 2.24) is 9.97 Å². The van der Waals surface area contributed by atoms with Gasteiger partial charge in [0.1, 0.15) is 0 Å². The van der Waals surface area contributed by atoms with Crippen LogP contribution < -0.4 is 11.1 Å². The number of aromatic nitrogens is 2. The van der Waals surface area contributed by atoms with Crippen molar-refractivity contribution < 1.29 is 9.53 Å². The number of benzene rings is 1. The molecule has 0 radical (unpaired) electrons. The minimum atomic E-state index is -0.252. The van der Waals surface area contributed by atoms with Gasteiger partial charge >= 0.3 is 5.97 Å². The lowest BCUT2D eigenvalue weighted by molar-refractivity contribution is -0.140. The van der Waals surface area contributed by atoms with Gasteiger partial charge < -0.3 is 20.8 Å². The van der Waals surface area contributed by atoms with Crippen LogP contribution in [0, 0.1) is 0 Å². The predicted molar refractivity (Wildman–Crippen MR) is 65.6 cm³/mol. The largest absolute Gasteiger partial charge is 0.469 e. The van der Waals surface area contributed by atoms with E-state index in [0.717, 1.165) is 11.0 Å². The van der Waals surface area contributed by atoms with Crippen LogP contribution in [0.25, 0.3) is 11.0 Å². The number of hydrogen-bond donors (Lipinski definition) is 3. The number of nitrogens with one attached hydrogen (secondary N) is 2. The molecule has 6 nitrogen and oxygen atoms in total.